The summed E-state index contributed by atoms with van der Waals surface area (Å²) >= 11 is 0. The second kappa shape index (κ2) is 10.8. The number of anilines is 2. The summed E-state index contributed by atoms with van der Waals surface area (Å²) in [5.41, 5.74) is 3.22. The van der Waals surface area contributed by atoms with Gasteiger partial charge in [0.25, 0.3) is 5.91 Å². The fraction of sp³-hybridized carbons (Fsp3) is 0.160. The average molecular weight is 431 g/mol. The van der Waals surface area contributed by atoms with E-state index in [9.17, 15) is 14.4 Å². The van der Waals surface area contributed by atoms with Crippen molar-refractivity contribution in [3.05, 3.63) is 95.6 Å². The molecule has 0 spiro atoms. The predicted octanol–water partition coefficient (Wildman–Crippen LogP) is 3.80. The van der Waals surface area contributed by atoms with Crippen molar-refractivity contribution in [2.45, 2.75) is 6.54 Å². The van der Waals surface area contributed by atoms with Crippen LogP contribution < -0.4 is 10.6 Å². The van der Waals surface area contributed by atoms with Crippen molar-refractivity contribution >= 4 is 29.2 Å². The van der Waals surface area contributed by atoms with Crippen LogP contribution in [0.2, 0.25) is 0 Å². The molecule has 0 heterocycles. The number of amides is 2. The van der Waals surface area contributed by atoms with Crippen molar-refractivity contribution in [2.24, 2.45) is 0 Å². The van der Waals surface area contributed by atoms with E-state index in [4.69, 9.17) is 0 Å². The molecule has 164 valence electrons. The standard InChI is InChI=1S/C25H25N3O4/c1-28(17-18-7-4-3-5-8-18)24(30)20-9-6-10-22(15-20)26-16-23(29)27-21-13-11-19(12-14-21)25(31)32-2/h3-15,26H,16-17H2,1-2H3,(H,27,29). The molecule has 0 aliphatic heterocycles. The molecule has 3 rings (SSSR count). The first kappa shape index (κ1) is 22.6. The number of rotatable bonds is 8. The first-order valence-electron chi connectivity index (χ1n) is 10.1. The van der Waals surface area contributed by atoms with Gasteiger partial charge in [0, 0.05) is 30.5 Å². The fourth-order valence-electron chi connectivity index (χ4n) is 3.11. The van der Waals surface area contributed by atoms with Gasteiger partial charge < -0.3 is 20.3 Å². The summed E-state index contributed by atoms with van der Waals surface area (Å²) < 4.78 is 4.65. The van der Waals surface area contributed by atoms with Gasteiger partial charge in [-0.3, -0.25) is 9.59 Å². The molecular weight excluding hydrogens is 406 g/mol. The van der Waals surface area contributed by atoms with Crippen LogP contribution in [0, 0.1) is 0 Å². The van der Waals surface area contributed by atoms with Gasteiger partial charge in [-0.15, -0.1) is 0 Å². The Morgan fingerprint density at radius 3 is 2.25 bits per heavy atom. The van der Waals surface area contributed by atoms with Crippen molar-refractivity contribution in [3.8, 4) is 0 Å². The summed E-state index contributed by atoms with van der Waals surface area (Å²) in [6.45, 7) is 0.532. The second-order valence-electron chi connectivity index (χ2n) is 7.20. The number of nitrogens with zero attached hydrogens (tertiary/aromatic N) is 1. The zero-order valence-corrected chi connectivity index (χ0v) is 18.0. The van der Waals surface area contributed by atoms with Crippen molar-refractivity contribution in [1.29, 1.82) is 0 Å². The van der Waals surface area contributed by atoms with E-state index in [1.54, 1.807) is 60.5 Å². The van der Waals surface area contributed by atoms with Crippen LogP contribution in [0.15, 0.2) is 78.9 Å². The van der Waals surface area contributed by atoms with Crippen molar-refractivity contribution < 1.29 is 19.1 Å². The number of benzene rings is 3. The van der Waals surface area contributed by atoms with Crippen LogP contribution in [-0.2, 0) is 16.1 Å². The molecule has 0 saturated carbocycles. The van der Waals surface area contributed by atoms with Crippen LogP contribution in [0.5, 0.6) is 0 Å². The molecule has 3 aromatic carbocycles. The van der Waals surface area contributed by atoms with Crippen molar-refractivity contribution in [1.82, 2.24) is 4.90 Å². The number of methoxy groups -OCH3 is 1. The molecule has 0 atom stereocenters. The lowest BCUT2D eigenvalue weighted by molar-refractivity contribution is -0.114. The Kier molecular flexibility index (Phi) is 7.59. The van der Waals surface area contributed by atoms with Crippen LogP contribution in [0.25, 0.3) is 0 Å². The molecule has 7 nitrogen and oxygen atoms in total. The Morgan fingerprint density at radius 2 is 1.56 bits per heavy atom. The maximum Gasteiger partial charge on any atom is 0.337 e. The summed E-state index contributed by atoms with van der Waals surface area (Å²) in [6, 6.07) is 23.2. The smallest absolute Gasteiger partial charge is 0.337 e. The van der Waals surface area contributed by atoms with Crippen LogP contribution in [0.1, 0.15) is 26.3 Å². The fourth-order valence-corrected chi connectivity index (χ4v) is 3.11. The molecule has 0 bridgehead atoms. The normalized spacial score (nSPS) is 10.2. The zero-order valence-electron chi connectivity index (χ0n) is 18.0. The third-order valence-electron chi connectivity index (χ3n) is 4.76. The Morgan fingerprint density at radius 1 is 0.844 bits per heavy atom. The third-order valence-corrected chi connectivity index (χ3v) is 4.76. The number of nitrogens with one attached hydrogen (secondary N) is 2. The largest absolute Gasteiger partial charge is 0.465 e. The van der Waals surface area contributed by atoms with Crippen LogP contribution in [-0.4, -0.2) is 43.4 Å². The van der Waals surface area contributed by atoms with Gasteiger partial charge in [-0.25, -0.2) is 4.79 Å². The zero-order chi connectivity index (χ0) is 22.9. The summed E-state index contributed by atoms with van der Waals surface area (Å²) in [5.74, 6) is -0.797. The van der Waals surface area contributed by atoms with E-state index in [-0.39, 0.29) is 18.4 Å². The molecule has 3 aromatic rings. The molecular formula is C25H25N3O4. The molecule has 0 unspecified atom stereocenters. The highest BCUT2D eigenvalue weighted by Gasteiger charge is 2.13. The molecule has 0 aliphatic carbocycles. The Bertz CT molecular complexity index is 1080. The minimum absolute atomic E-state index is 0.0241. The highest BCUT2D eigenvalue weighted by Crippen LogP contribution is 2.14. The first-order chi connectivity index (χ1) is 15.5. The lowest BCUT2D eigenvalue weighted by Gasteiger charge is -2.18. The highest BCUT2D eigenvalue weighted by atomic mass is 16.5. The van der Waals surface area contributed by atoms with Crippen molar-refractivity contribution in [2.75, 3.05) is 31.3 Å². The van der Waals surface area contributed by atoms with Gasteiger partial charge in [-0.05, 0) is 48.0 Å². The minimum Gasteiger partial charge on any atom is -0.465 e. The van der Waals surface area contributed by atoms with Crippen LogP contribution >= 0.6 is 0 Å². The number of esters is 1. The first-order valence-corrected chi connectivity index (χ1v) is 10.1. The highest BCUT2D eigenvalue weighted by molar-refractivity contribution is 5.96. The van der Waals surface area contributed by atoms with Gasteiger partial charge >= 0.3 is 5.97 Å². The molecule has 2 amide bonds. The molecule has 0 aromatic heterocycles. The molecule has 0 aliphatic rings. The lowest BCUT2D eigenvalue weighted by Crippen LogP contribution is -2.26. The summed E-state index contributed by atoms with van der Waals surface area (Å²) in [4.78, 5) is 38.1. The molecule has 32 heavy (non-hydrogen) atoms. The summed E-state index contributed by atoms with van der Waals surface area (Å²) in [7, 11) is 3.07. The number of ether oxygens (including phenoxy) is 1. The van der Waals surface area contributed by atoms with E-state index >= 15 is 0 Å². The number of carbonyl (C=O) groups is 3. The van der Waals surface area contributed by atoms with Gasteiger partial charge in [0.05, 0.1) is 19.2 Å². The topological polar surface area (TPSA) is 87.7 Å². The number of hydrogen-bond donors (Lipinski definition) is 2. The molecule has 0 radical (unpaired) electrons. The number of carbonyl (C=O) groups excluding carboxylic acids is 3. The Labute approximate surface area is 187 Å². The Balaban J connectivity index is 1.54. The molecule has 0 saturated heterocycles. The average Bonchev–Trinajstić information content (AvgIpc) is 2.83. The van der Waals surface area contributed by atoms with Crippen molar-refractivity contribution in [3.63, 3.8) is 0 Å². The molecule has 0 fully saturated rings. The van der Waals surface area contributed by atoms with Gasteiger partial charge in [0.15, 0.2) is 0 Å². The predicted molar refractivity (Wildman–Crippen MR) is 124 cm³/mol. The maximum absolute atomic E-state index is 12.8. The third kappa shape index (κ3) is 6.18. The van der Waals surface area contributed by atoms with Gasteiger partial charge in [0.1, 0.15) is 0 Å². The SMILES string of the molecule is COC(=O)c1ccc(NC(=O)CNc2cccc(C(=O)N(C)Cc3ccccc3)c2)cc1. The van der Waals surface area contributed by atoms with Crippen LogP contribution in [0.4, 0.5) is 11.4 Å². The minimum atomic E-state index is -0.437. The van der Waals surface area contributed by atoms with E-state index in [0.717, 1.165) is 5.56 Å². The second-order valence-corrected chi connectivity index (χ2v) is 7.20. The molecule has 2 N–H and O–H groups in total. The van der Waals surface area contributed by atoms with Gasteiger partial charge in [-0.1, -0.05) is 36.4 Å². The Hall–Kier alpha value is -4.13. The number of hydrogen-bond acceptors (Lipinski definition) is 5. The maximum atomic E-state index is 12.8. The van der Waals surface area contributed by atoms with E-state index in [0.29, 0.717) is 29.0 Å². The summed E-state index contributed by atoms with van der Waals surface area (Å²) in [5, 5.41) is 5.78. The quantitative estimate of drug-likeness (QED) is 0.530. The lowest BCUT2D eigenvalue weighted by atomic mass is 10.1. The monoisotopic (exact) mass is 431 g/mol. The van der Waals surface area contributed by atoms with E-state index in [2.05, 4.69) is 15.4 Å². The van der Waals surface area contributed by atoms with Crippen LogP contribution in [0.3, 0.4) is 0 Å². The van der Waals surface area contributed by atoms with Gasteiger partial charge in [-0.2, -0.15) is 0 Å². The van der Waals surface area contributed by atoms with E-state index in [1.165, 1.54) is 7.11 Å². The van der Waals surface area contributed by atoms with Gasteiger partial charge in [0.2, 0.25) is 5.91 Å². The molecule has 7 heteroatoms. The summed E-state index contributed by atoms with van der Waals surface area (Å²) in [6.07, 6.45) is 0. The van der Waals surface area contributed by atoms with E-state index in [1.807, 2.05) is 30.3 Å². The van der Waals surface area contributed by atoms with E-state index < -0.39 is 5.97 Å².